The minimum atomic E-state index is -1.05. The molecule has 17 heavy (non-hydrogen) atoms. The zero-order chi connectivity index (χ0) is 13.1. The van der Waals surface area contributed by atoms with Crippen LogP contribution in [-0.2, 0) is 14.3 Å². The van der Waals surface area contributed by atoms with Crippen molar-refractivity contribution in [3.8, 4) is 0 Å². The molecule has 0 heterocycles. The van der Waals surface area contributed by atoms with Gasteiger partial charge in [0.25, 0.3) is 0 Å². The summed E-state index contributed by atoms with van der Waals surface area (Å²) in [6, 6.07) is 0. The third-order valence-electron chi connectivity index (χ3n) is 2.57. The quantitative estimate of drug-likeness (QED) is 0.251. The normalized spacial score (nSPS) is 10.4. The van der Waals surface area contributed by atoms with Gasteiger partial charge in [0.05, 0.1) is 0 Å². The van der Waals surface area contributed by atoms with Crippen LogP contribution in [0.4, 0.5) is 0 Å². The Balaban J connectivity index is 3.41. The Bertz CT molecular complexity index is 230. The number of hydroxylamine groups is 1. The van der Waals surface area contributed by atoms with E-state index in [4.69, 9.17) is 9.94 Å². The number of nitrogens with one attached hydrogen (secondary N) is 2. The van der Waals surface area contributed by atoms with Crippen molar-refractivity contribution in [3.05, 3.63) is 0 Å². The zero-order valence-electron chi connectivity index (χ0n) is 10.5. The largest absolute Gasteiger partial charge is 0.381 e. The number of carbonyl (C=O) groups is 2. The molecule has 0 bridgehead atoms. The number of hydrogen-bond acceptors (Lipinski definition) is 4. The summed E-state index contributed by atoms with van der Waals surface area (Å²) in [5, 5.41) is 10.5. The molecule has 0 aliphatic heterocycles. The maximum absolute atomic E-state index is 10.9. The van der Waals surface area contributed by atoms with Crippen LogP contribution in [0.15, 0.2) is 0 Å². The average Bonchev–Trinajstić information content (AvgIpc) is 2.36. The monoisotopic (exact) mass is 246 g/mol. The van der Waals surface area contributed by atoms with Gasteiger partial charge in [0.15, 0.2) is 0 Å². The molecule has 0 saturated heterocycles. The fraction of sp³-hybridized carbons (Fsp3) is 0.818. The standard InChI is InChI=1S/C11H22N2O4/c1-3-9(4-2)8-17-7-5-6-12-10(14)11(15)13-16/h9,16H,3-8H2,1-2H3,(H,12,14)(H,13,15). The first-order valence-corrected chi connectivity index (χ1v) is 5.95. The van der Waals surface area contributed by atoms with E-state index in [1.807, 2.05) is 0 Å². The molecule has 6 nitrogen and oxygen atoms in total. The molecule has 6 heteroatoms. The molecule has 0 aliphatic carbocycles. The summed E-state index contributed by atoms with van der Waals surface area (Å²) in [6.45, 7) is 5.90. The lowest BCUT2D eigenvalue weighted by Gasteiger charge is -2.12. The van der Waals surface area contributed by atoms with Gasteiger partial charge in [-0.25, -0.2) is 5.48 Å². The van der Waals surface area contributed by atoms with Gasteiger partial charge in [-0.1, -0.05) is 26.7 Å². The van der Waals surface area contributed by atoms with Crippen LogP contribution >= 0.6 is 0 Å². The fourth-order valence-electron chi connectivity index (χ4n) is 1.28. The Morgan fingerprint density at radius 2 is 1.88 bits per heavy atom. The maximum atomic E-state index is 10.9. The minimum Gasteiger partial charge on any atom is -0.381 e. The molecular weight excluding hydrogens is 224 g/mol. The van der Waals surface area contributed by atoms with Crippen LogP contribution in [0.2, 0.25) is 0 Å². The van der Waals surface area contributed by atoms with Crippen molar-refractivity contribution in [2.24, 2.45) is 5.92 Å². The molecule has 100 valence electrons. The van der Waals surface area contributed by atoms with E-state index in [0.717, 1.165) is 19.4 Å². The van der Waals surface area contributed by atoms with Gasteiger partial charge in [0.2, 0.25) is 0 Å². The lowest BCUT2D eigenvalue weighted by molar-refractivity contribution is -0.144. The van der Waals surface area contributed by atoms with Gasteiger partial charge in [0, 0.05) is 19.8 Å². The van der Waals surface area contributed by atoms with Gasteiger partial charge in [-0.3, -0.25) is 14.8 Å². The van der Waals surface area contributed by atoms with Gasteiger partial charge < -0.3 is 10.1 Å². The summed E-state index contributed by atoms with van der Waals surface area (Å²) in [5.41, 5.74) is 1.26. The molecule has 0 aromatic carbocycles. The SMILES string of the molecule is CCC(CC)COCCCNC(=O)C(=O)NO. The van der Waals surface area contributed by atoms with E-state index in [2.05, 4.69) is 19.2 Å². The van der Waals surface area contributed by atoms with Gasteiger partial charge in [-0.05, 0) is 12.3 Å². The summed E-state index contributed by atoms with van der Waals surface area (Å²) < 4.78 is 5.44. The van der Waals surface area contributed by atoms with Crippen molar-refractivity contribution in [1.82, 2.24) is 10.8 Å². The lowest BCUT2D eigenvalue weighted by Crippen LogP contribution is -2.39. The van der Waals surface area contributed by atoms with Crippen LogP contribution in [0.25, 0.3) is 0 Å². The zero-order valence-corrected chi connectivity index (χ0v) is 10.5. The molecule has 3 N–H and O–H groups in total. The topological polar surface area (TPSA) is 87.7 Å². The van der Waals surface area contributed by atoms with Crippen LogP contribution in [-0.4, -0.2) is 36.8 Å². The average molecular weight is 246 g/mol. The van der Waals surface area contributed by atoms with E-state index in [0.29, 0.717) is 25.5 Å². The highest BCUT2D eigenvalue weighted by molar-refractivity contribution is 6.34. The minimum absolute atomic E-state index is 0.356. The molecule has 0 aromatic rings. The number of rotatable bonds is 8. The molecule has 0 aromatic heterocycles. The maximum Gasteiger partial charge on any atom is 0.332 e. The van der Waals surface area contributed by atoms with E-state index >= 15 is 0 Å². The summed E-state index contributed by atoms with van der Waals surface area (Å²) in [7, 11) is 0. The van der Waals surface area contributed by atoms with E-state index in [-0.39, 0.29) is 0 Å². The first-order chi connectivity index (χ1) is 8.15. The van der Waals surface area contributed by atoms with Crippen molar-refractivity contribution >= 4 is 11.8 Å². The predicted molar refractivity (Wildman–Crippen MR) is 62.4 cm³/mol. The Kier molecular flexibility index (Phi) is 9.37. The summed E-state index contributed by atoms with van der Waals surface area (Å²) in [4.78, 5) is 21.5. The Hall–Kier alpha value is -1.14. The van der Waals surface area contributed by atoms with Crippen LogP contribution in [0, 0.1) is 5.92 Å². The van der Waals surface area contributed by atoms with E-state index in [1.54, 1.807) is 0 Å². The van der Waals surface area contributed by atoms with Gasteiger partial charge in [-0.15, -0.1) is 0 Å². The highest BCUT2D eigenvalue weighted by Gasteiger charge is 2.10. The van der Waals surface area contributed by atoms with Gasteiger partial charge in [-0.2, -0.15) is 0 Å². The second-order valence-corrected chi connectivity index (χ2v) is 3.81. The van der Waals surface area contributed by atoms with E-state index < -0.39 is 11.8 Å². The van der Waals surface area contributed by atoms with Crippen LogP contribution < -0.4 is 10.8 Å². The smallest absolute Gasteiger partial charge is 0.332 e. The van der Waals surface area contributed by atoms with Crippen molar-refractivity contribution in [2.75, 3.05) is 19.8 Å². The van der Waals surface area contributed by atoms with Crippen LogP contribution in [0.1, 0.15) is 33.1 Å². The fourth-order valence-corrected chi connectivity index (χ4v) is 1.28. The molecule has 0 saturated carbocycles. The lowest BCUT2D eigenvalue weighted by atomic mass is 10.1. The third kappa shape index (κ3) is 7.70. The van der Waals surface area contributed by atoms with E-state index in [9.17, 15) is 9.59 Å². The molecule has 2 amide bonds. The number of hydrogen-bond donors (Lipinski definition) is 3. The predicted octanol–water partition coefficient (Wildman–Crippen LogP) is 0.451. The van der Waals surface area contributed by atoms with Crippen molar-refractivity contribution in [2.45, 2.75) is 33.1 Å². The Morgan fingerprint density at radius 1 is 1.24 bits per heavy atom. The van der Waals surface area contributed by atoms with Crippen LogP contribution in [0.3, 0.4) is 0 Å². The van der Waals surface area contributed by atoms with Crippen molar-refractivity contribution in [3.63, 3.8) is 0 Å². The first kappa shape index (κ1) is 15.9. The Labute approximate surface area is 102 Å². The molecule has 0 atom stereocenters. The first-order valence-electron chi connectivity index (χ1n) is 5.95. The summed E-state index contributed by atoms with van der Waals surface area (Å²) in [5.74, 6) is -1.31. The number of amides is 2. The Morgan fingerprint density at radius 3 is 2.41 bits per heavy atom. The summed E-state index contributed by atoms with van der Waals surface area (Å²) in [6.07, 6.45) is 2.85. The van der Waals surface area contributed by atoms with Crippen molar-refractivity contribution < 1.29 is 19.5 Å². The molecule has 0 radical (unpaired) electrons. The van der Waals surface area contributed by atoms with Crippen LogP contribution in [0.5, 0.6) is 0 Å². The highest BCUT2D eigenvalue weighted by atomic mass is 16.5. The van der Waals surface area contributed by atoms with Gasteiger partial charge >= 0.3 is 11.8 Å². The van der Waals surface area contributed by atoms with Gasteiger partial charge in [0.1, 0.15) is 0 Å². The molecule has 0 rings (SSSR count). The third-order valence-corrected chi connectivity index (χ3v) is 2.57. The number of ether oxygens (including phenoxy) is 1. The van der Waals surface area contributed by atoms with E-state index in [1.165, 1.54) is 5.48 Å². The second-order valence-electron chi connectivity index (χ2n) is 3.81. The molecular formula is C11H22N2O4. The molecule has 0 unspecified atom stereocenters. The highest BCUT2D eigenvalue weighted by Crippen LogP contribution is 2.07. The molecule has 0 aliphatic rings. The van der Waals surface area contributed by atoms with Crippen molar-refractivity contribution in [1.29, 1.82) is 0 Å². The second kappa shape index (κ2) is 10.0. The summed E-state index contributed by atoms with van der Waals surface area (Å²) >= 11 is 0. The molecule has 0 spiro atoms. The number of carbonyl (C=O) groups excluding carboxylic acids is 2. The molecule has 0 fully saturated rings.